The van der Waals surface area contributed by atoms with Gasteiger partial charge in [0.15, 0.2) is 0 Å². The smallest absolute Gasteiger partial charge is 0.216 e. The third kappa shape index (κ3) is 4.01. The zero-order valence-electron chi connectivity index (χ0n) is 17.4. The number of imidazole rings is 1. The average Bonchev–Trinajstić information content (AvgIpc) is 3.25. The van der Waals surface area contributed by atoms with Gasteiger partial charge in [-0.15, -0.1) is 0 Å². The van der Waals surface area contributed by atoms with Crippen molar-refractivity contribution >= 4 is 15.7 Å². The van der Waals surface area contributed by atoms with Crippen molar-refractivity contribution in [1.82, 2.24) is 13.7 Å². The standard InChI is InChI=1S/C23H27N3O4S/c27-31(28,18-20-17-29-14-15-30-20)26-12-9-23(10-13-26,19-6-2-1-3-7-19)21-16-25-11-5-4-8-22(25)24-21/h1-8,11,16,20H,9-10,12-15,17-18H2. The summed E-state index contributed by atoms with van der Waals surface area (Å²) in [5.41, 5.74) is 2.76. The summed E-state index contributed by atoms with van der Waals surface area (Å²) in [6.07, 6.45) is 5.05. The van der Waals surface area contributed by atoms with E-state index in [1.807, 2.05) is 47.0 Å². The molecule has 3 aromatic rings. The fourth-order valence-electron chi connectivity index (χ4n) is 4.73. The first-order chi connectivity index (χ1) is 15.1. The zero-order valence-corrected chi connectivity index (χ0v) is 18.2. The molecule has 0 amide bonds. The second-order valence-corrected chi connectivity index (χ2v) is 10.3. The Morgan fingerprint density at radius 3 is 2.52 bits per heavy atom. The van der Waals surface area contributed by atoms with Gasteiger partial charge < -0.3 is 13.9 Å². The van der Waals surface area contributed by atoms with Gasteiger partial charge in [0.05, 0.1) is 37.4 Å². The highest BCUT2D eigenvalue weighted by molar-refractivity contribution is 7.89. The van der Waals surface area contributed by atoms with E-state index in [2.05, 4.69) is 18.3 Å². The number of piperidine rings is 1. The number of sulfonamides is 1. The number of nitrogens with zero attached hydrogens (tertiary/aromatic N) is 3. The topological polar surface area (TPSA) is 73.1 Å². The summed E-state index contributed by atoms with van der Waals surface area (Å²) in [5.74, 6) is -0.0281. The minimum atomic E-state index is -3.42. The molecule has 2 aliphatic heterocycles. The summed E-state index contributed by atoms with van der Waals surface area (Å²) < 4.78 is 40.7. The fourth-order valence-corrected chi connectivity index (χ4v) is 6.35. The second-order valence-electron chi connectivity index (χ2n) is 8.29. The normalized spacial score (nSPS) is 22.5. The van der Waals surface area contributed by atoms with Crippen LogP contribution in [-0.2, 0) is 24.9 Å². The molecule has 164 valence electrons. The number of hydrogen-bond donors (Lipinski definition) is 0. The van der Waals surface area contributed by atoms with Gasteiger partial charge in [0.1, 0.15) is 5.65 Å². The number of aromatic nitrogens is 2. The molecular formula is C23H27N3O4S. The largest absolute Gasteiger partial charge is 0.376 e. The van der Waals surface area contributed by atoms with Crippen LogP contribution in [-0.4, -0.2) is 66.9 Å². The van der Waals surface area contributed by atoms with E-state index in [1.54, 1.807) is 4.31 Å². The summed E-state index contributed by atoms with van der Waals surface area (Å²) in [6, 6.07) is 16.3. The van der Waals surface area contributed by atoms with E-state index in [1.165, 1.54) is 5.56 Å². The predicted octanol–water partition coefficient (Wildman–Crippen LogP) is 2.46. The van der Waals surface area contributed by atoms with Crippen LogP contribution in [0, 0.1) is 0 Å². The van der Waals surface area contributed by atoms with E-state index in [9.17, 15) is 8.42 Å². The number of benzene rings is 1. The highest BCUT2D eigenvalue weighted by atomic mass is 32.2. The van der Waals surface area contributed by atoms with Crippen molar-refractivity contribution in [3.63, 3.8) is 0 Å². The molecule has 7 nitrogen and oxygen atoms in total. The maximum Gasteiger partial charge on any atom is 0.216 e. The molecule has 1 atom stereocenters. The third-order valence-corrected chi connectivity index (χ3v) is 8.38. The number of pyridine rings is 1. The van der Waals surface area contributed by atoms with E-state index in [0.29, 0.717) is 45.8 Å². The van der Waals surface area contributed by atoms with Gasteiger partial charge in [0.25, 0.3) is 0 Å². The summed E-state index contributed by atoms with van der Waals surface area (Å²) in [5, 5.41) is 0. The average molecular weight is 442 g/mol. The van der Waals surface area contributed by atoms with Gasteiger partial charge in [-0.3, -0.25) is 0 Å². The summed E-state index contributed by atoms with van der Waals surface area (Å²) >= 11 is 0. The lowest BCUT2D eigenvalue weighted by atomic mass is 9.71. The van der Waals surface area contributed by atoms with Crippen molar-refractivity contribution in [2.45, 2.75) is 24.4 Å². The molecule has 0 bridgehead atoms. The Kier molecular flexibility index (Phi) is 5.56. The summed E-state index contributed by atoms with van der Waals surface area (Å²) in [7, 11) is -3.42. The Morgan fingerprint density at radius 1 is 1.03 bits per heavy atom. The first-order valence-corrected chi connectivity index (χ1v) is 12.3. The molecule has 2 saturated heterocycles. The molecule has 0 radical (unpaired) electrons. The molecule has 2 aliphatic rings. The molecule has 0 spiro atoms. The number of rotatable bonds is 5. The van der Waals surface area contributed by atoms with Crippen LogP contribution in [0.5, 0.6) is 0 Å². The lowest BCUT2D eigenvalue weighted by Gasteiger charge is -2.41. The molecule has 4 heterocycles. The maximum atomic E-state index is 13.0. The van der Waals surface area contributed by atoms with Crippen molar-refractivity contribution in [3.8, 4) is 0 Å². The van der Waals surface area contributed by atoms with Gasteiger partial charge in [0, 0.05) is 30.9 Å². The number of fused-ring (bicyclic) bond motifs is 1. The number of ether oxygens (including phenoxy) is 2. The summed E-state index contributed by atoms with van der Waals surface area (Å²) in [6.45, 7) is 2.23. The lowest BCUT2D eigenvalue weighted by molar-refractivity contribution is -0.0785. The molecule has 0 saturated carbocycles. The van der Waals surface area contributed by atoms with E-state index >= 15 is 0 Å². The number of hydrogen-bond acceptors (Lipinski definition) is 5. The molecule has 5 rings (SSSR count). The molecule has 31 heavy (non-hydrogen) atoms. The SMILES string of the molecule is O=S(=O)(CC1COCCO1)N1CCC(c2ccccc2)(c2cn3ccccc3n2)CC1. The van der Waals surface area contributed by atoms with Gasteiger partial charge in [0.2, 0.25) is 10.0 Å². The van der Waals surface area contributed by atoms with Gasteiger partial charge in [-0.1, -0.05) is 36.4 Å². The first kappa shape index (κ1) is 20.6. The fraction of sp³-hybridized carbons (Fsp3) is 0.435. The molecule has 1 unspecified atom stereocenters. The van der Waals surface area contributed by atoms with Crippen LogP contribution >= 0.6 is 0 Å². The zero-order chi connectivity index (χ0) is 21.3. The van der Waals surface area contributed by atoms with Crippen molar-refractivity contribution in [2.75, 3.05) is 38.7 Å². The molecule has 8 heteroatoms. The van der Waals surface area contributed by atoms with Crippen LogP contribution in [0.4, 0.5) is 0 Å². The summed E-state index contributed by atoms with van der Waals surface area (Å²) in [4.78, 5) is 4.92. The van der Waals surface area contributed by atoms with E-state index in [0.717, 1.165) is 11.3 Å². The van der Waals surface area contributed by atoms with Crippen LogP contribution in [0.3, 0.4) is 0 Å². The third-order valence-electron chi connectivity index (χ3n) is 6.43. The monoisotopic (exact) mass is 441 g/mol. The molecule has 2 fully saturated rings. The minimum absolute atomic E-state index is 0.0281. The Labute approximate surface area is 182 Å². The van der Waals surface area contributed by atoms with Crippen LogP contribution in [0.2, 0.25) is 0 Å². The highest BCUT2D eigenvalue weighted by Gasteiger charge is 2.42. The molecule has 1 aromatic carbocycles. The van der Waals surface area contributed by atoms with Crippen molar-refractivity contribution in [3.05, 3.63) is 72.2 Å². The minimum Gasteiger partial charge on any atom is -0.376 e. The van der Waals surface area contributed by atoms with Crippen molar-refractivity contribution < 1.29 is 17.9 Å². The van der Waals surface area contributed by atoms with E-state index in [-0.39, 0.29) is 11.2 Å². The predicted molar refractivity (Wildman–Crippen MR) is 118 cm³/mol. The first-order valence-electron chi connectivity index (χ1n) is 10.7. The van der Waals surface area contributed by atoms with Gasteiger partial charge in [-0.25, -0.2) is 17.7 Å². The van der Waals surface area contributed by atoms with Crippen LogP contribution in [0.15, 0.2) is 60.9 Å². The van der Waals surface area contributed by atoms with Crippen LogP contribution in [0.1, 0.15) is 24.1 Å². The molecule has 2 aromatic heterocycles. The van der Waals surface area contributed by atoms with Crippen LogP contribution in [0.25, 0.3) is 5.65 Å². The van der Waals surface area contributed by atoms with E-state index in [4.69, 9.17) is 14.5 Å². The lowest BCUT2D eigenvalue weighted by Crippen LogP contribution is -2.48. The van der Waals surface area contributed by atoms with Gasteiger partial charge in [-0.05, 0) is 30.5 Å². The van der Waals surface area contributed by atoms with Crippen molar-refractivity contribution in [1.29, 1.82) is 0 Å². The van der Waals surface area contributed by atoms with Crippen LogP contribution < -0.4 is 0 Å². The molecule has 0 aliphatic carbocycles. The Balaban J connectivity index is 1.42. The second kappa shape index (κ2) is 8.35. The maximum absolute atomic E-state index is 13.0. The highest BCUT2D eigenvalue weighted by Crippen LogP contribution is 2.42. The molecular weight excluding hydrogens is 414 g/mol. The Bertz CT molecular complexity index is 1100. The van der Waals surface area contributed by atoms with Gasteiger partial charge in [-0.2, -0.15) is 0 Å². The Hall–Kier alpha value is -2.26. The van der Waals surface area contributed by atoms with E-state index < -0.39 is 16.1 Å². The molecule has 0 N–H and O–H groups in total. The quantitative estimate of drug-likeness (QED) is 0.608. The Morgan fingerprint density at radius 2 is 1.81 bits per heavy atom. The van der Waals surface area contributed by atoms with Gasteiger partial charge >= 0.3 is 0 Å². The van der Waals surface area contributed by atoms with Crippen molar-refractivity contribution in [2.24, 2.45) is 0 Å².